The fraction of sp³-hybridized carbons (Fsp3) is 0.500. The van der Waals surface area contributed by atoms with Crippen LogP contribution in [0.15, 0.2) is 17.5 Å². The Morgan fingerprint density at radius 1 is 1.70 bits per heavy atom. The number of hydrogen-bond acceptors (Lipinski definition) is 1. The van der Waals surface area contributed by atoms with Gasteiger partial charge >= 0.3 is 0 Å². The van der Waals surface area contributed by atoms with Crippen LogP contribution >= 0.6 is 22.9 Å². The summed E-state index contributed by atoms with van der Waals surface area (Å²) in [7, 11) is 0. The molecule has 0 bridgehead atoms. The molecule has 0 aliphatic rings. The van der Waals surface area contributed by atoms with Gasteiger partial charge in [-0.3, -0.25) is 0 Å². The Hall–Kier alpha value is -0.0100. The highest BCUT2D eigenvalue weighted by atomic mass is 35.5. The molecule has 0 spiro atoms. The van der Waals surface area contributed by atoms with Crippen molar-refractivity contribution in [1.82, 2.24) is 0 Å². The van der Waals surface area contributed by atoms with E-state index in [1.54, 1.807) is 11.3 Å². The average molecular weight is 175 g/mol. The molecule has 1 aromatic heterocycles. The van der Waals surface area contributed by atoms with E-state index in [1.165, 1.54) is 4.88 Å². The molecule has 0 nitrogen and oxygen atoms in total. The van der Waals surface area contributed by atoms with E-state index in [2.05, 4.69) is 17.5 Å². The first-order chi connectivity index (χ1) is 4.79. The summed E-state index contributed by atoms with van der Waals surface area (Å²) < 4.78 is 0. The van der Waals surface area contributed by atoms with Crippen molar-refractivity contribution >= 4 is 22.9 Å². The molecule has 0 saturated carbocycles. The SMILES string of the molecule is CC(Cl)CCc1cccs1. The predicted octanol–water partition coefficient (Wildman–Crippen LogP) is 3.31. The summed E-state index contributed by atoms with van der Waals surface area (Å²) in [5.74, 6) is 0. The van der Waals surface area contributed by atoms with Gasteiger partial charge in [0.15, 0.2) is 0 Å². The van der Waals surface area contributed by atoms with Gasteiger partial charge in [0.05, 0.1) is 0 Å². The van der Waals surface area contributed by atoms with Gasteiger partial charge < -0.3 is 0 Å². The van der Waals surface area contributed by atoms with Crippen LogP contribution in [0.2, 0.25) is 0 Å². The zero-order valence-corrected chi connectivity index (χ0v) is 7.58. The van der Waals surface area contributed by atoms with Crippen molar-refractivity contribution in [2.75, 3.05) is 0 Å². The molecule has 0 fully saturated rings. The maximum absolute atomic E-state index is 5.80. The van der Waals surface area contributed by atoms with Gasteiger partial charge in [0.2, 0.25) is 0 Å². The first-order valence-electron chi connectivity index (χ1n) is 3.45. The van der Waals surface area contributed by atoms with Gasteiger partial charge in [-0.25, -0.2) is 0 Å². The number of aryl methyl sites for hydroxylation is 1. The molecule has 0 amide bonds. The second-order valence-corrected chi connectivity index (χ2v) is 4.18. The first kappa shape index (κ1) is 8.09. The molecule has 1 aromatic rings. The predicted molar refractivity (Wildman–Crippen MR) is 48.0 cm³/mol. The molecule has 0 N–H and O–H groups in total. The molecule has 56 valence electrons. The minimum atomic E-state index is 0.307. The summed E-state index contributed by atoms with van der Waals surface area (Å²) in [6, 6.07) is 4.24. The molecule has 1 rings (SSSR count). The Morgan fingerprint density at radius 3 is 3.00 bits per heavy atom. The van der Waals surface area contributed by atoms with Crippen LogP contribution in [-0.2, 0) is 6.42 Å². The van der Waals surface area contributed by atoms with E-state index < -0.39 is 0 Å². The van der Waals surface area contributed by atoms with E-state index in [0.717, 1.165) is 12.8 Å². The summed E-state index contributed by atoms with van der Waals surface area (Å²) >= 11 is 7.61. The molecule has 0 radical (unpaired) electrons. The number of halogens is 1. The van der Waals surface area contributed by atoms with Gasteiger partial charge in [-0.15, -0.1) is 22.9 Å². The highest BCUT2D eigenvalue weighted by Gasteiger charge is 1.97. The van der Waals surface area contributed by atoms with Crippen LogP contribution in [0.1, 0.15) is 18.2 Å². The smallest absolute Gasteiger partial charge is 0.0311 e. The van der Waals surface area contributed by atoms with Crippen LogP contribution in [0, 0.1) is 0 Å². The molecule has 2 heteroatoms. The topological polar surface area (TPSA) is 0 Å². The van der Waals surface area contributed by atoms with E-state index >= 15 is 0 Å². The normalized spacial score (nSPS) is 13.4. The van der Waals surface area contributed by atoms with Crippen molar-refractivity contribution < 1.29 is 0 Å². The van der Waals surface area contributed by atoms with Gasteiger partial charge in [0, 0.05) is 10.3 Å². The maximum atomic E-state index is 5.80. The summed E-state index contributed by atoms with van der Waals surface area (Å²) in [4.78, 5) is 1.44. The van der Waals surface area contributed by atoms with Crippen LogP contribution in [0.3, 0.4) is 0 Å². The van der Waals surface area contributed by atoms with E-state index in [0.29, 0.717) is 5.38 Å². The molecule has 0 aliphatic carbocycles. The Bertz CT molecular complexity index is 167. The molecule has 1 atom stereocenters. The third-order valence-electron chi connectivity index (χ3n) is 1.37. The van der Waals surface area contributed by atoms with Crippen LogP contribution in [0.5, 0.6) is 0 Å². The van der Waals surface area contributed by atoms with Crippen LogP contribution < -0.4 is 0 Å². The molecular formula is C8H11ClS. The van der Waals surface area contributed by atoms with Gasteiger partial charge in [-0.1, -0.05) is 6.07 Å². The number of alkyl halides is 1. The fourth-order valence-electron chi connectivity index (χ4n) is 0.796. The molecular weight excluding hydrogens is 164 g/mol. The van der Waals surface area contributed by atoms with Crippen molar-refractivity contribution in [2.24, 2.45) is 0 Å². The van der Waals surface area contributed by atoms with Crippen LogP contribution in [0.25, 0.3) is 0 Å². The third-order valence-corrected chi connectivity index (χ3v) is 2.52. The monoisotopic (exact) mass is 174 g/mol. The Morgan fingerprint density at radius 2 is 2.50 bits per heavy atom. The number of thiophene rings is 1. The maximum Gasteiger partial charge on any atom is 0.0311 e. The minimum Gasteiger partial charge on any atom is -0.149 e. The van der Waals surface area contributed by atoms with Crippen molar-refractivity contribution in [3.8, 4) is 0 Å². The minimum absolute atomic E-state index is 0.307. The van der Waals surface area contributed by atoms with Crippen molar-refractivity contribution in [3.63, 3.8) is 0 Å². The molecule has 0 aliphatic heterocycles. The second-order valence-electron chi connectivity index (χ2n) is 2.40. The lowest BCUT2D eigenvalue weighted by Gasteiger charge is -1.98. The average Bonchev–Trinajstić information content (AvgIpc) is 2.34. The Balaban J connectivity index is 2.28. The van der Waals surface area contributed by atoms with Crippen molar-refractivity contribution in [3.05, 3.63) is 22.4 Å². The molecule has 0 aromatic carbocycles. The quantitative estimate of drug-likeness (QED) is 0.617. The lowest BCUT2D eigenvalue weighted by molar-refractivity contribution is 0.812. The highest BCUT2D eigenvalue weighted by Crippen LogP contribution is 2.13. The summed E-state index contributed by atoms with van der Waals surface area (Å²) in [6.07, 6.45) is 2.21. The van der Waals surface area contributed by atoms with Gasteiger partial charge in [-0.2, -0.15) is 0 Å². The molecule has 10 heavy (non-hydrogen) atoms. The van der Waals surface area contributed by atoms with E-state index in [9.17, 15) is 0 Å². The number of rotatable bonds is 3. The Labute approximate surface area is 70.8 Å². The largest absolute Gasteiger partial charge is 0.149 e. The highest BCUT2D eigenvalue weighted by molar-refractivity contribution is 7.09. The lowest BCUT2D eigenvalue weighted by Crippen LogP contribution is -1.91. The van der Waals surface area contributed by atoms with E-state index in [1.807, 2.05) is 6.92 Å². The van der Waals surface area contributed by atoms with E-state index in [-0.39, 0.29) is 0 Å². The third kappa shape index (κ3) is 2.72. The fourth-order valence-corrected chi connectivity index (χ4v) is 1.63. The number of hydrogen-bond donors (Lipinski definition) is 0. The Kier molecular flexibility index (Phi) is 3.23. The van der Waals surface area contributed by atoms with Crippen molar-refractivity contribution in [2.45, 2.75) is 25.1 Å². The summed E-state index contributed by atoms with van der Waals surface area (Å²) in [5, 5.41) is 2.41. The van der Waals surface area contributed by atoms with E-state index in [4.69, 9.17) is 11.6 Å². The van der Waals surface area contributed by atoms with Crippen LogP contribution in [-0.4, -0.2) is 5.38 Å². The molecule has 1 unspecified atom stereocenters. The zero-order chi connectivity index (χ0) is 7.40. The van der Waals surface area contributed by atoms with Crippen molar-refractivity contribution in [1.29, 1.82) is 0 Å². The second kappa shape index (κ2) is 3.99. The molecule has 0 saturated heterocycles. The standard InChI is InChI=1S/C8H11ClS/c1-7(9)4-5-8-3-2-6-10-8/h2-3,6-7H,4-5H2,1H3. The van der Waals surface area contributed by atoms with Gasteiger partial charge in [0.1, 0.15) is 0 Å². The summed E-state index contributed by atoms with van der Waals surface area (Å²) in [5.41, 5.74) is 0. The summed E-state index contributed by atoms with van der Waals surface area (Å²) in [6.45, 7) is 2.04. The molecule has 1 heterocycles. The van der Waals surface area contributed by atoms with Crippen LogP contribution in [0.4, 0.5) is 0 Å². The first-order valence-corrected chi connectivity index (χ1v) is 4.77. The lowest BCUT2D eigenvalue weighted by atomic mass is 10.2. The van der Waals surface area contributed by atoms with Gasteiger partial charge in [0.25, 0.3) is 0 Å². The van der Waals surface area contributed by atoms with Gasteiger partial charge in [-0.05, 0) is 31.2 Å². The zero-order valence-electron chi connectivity index (χ0n) is 6.01.